The van der Waals surface area contributed by atoms with Crippen LogP contribution < -0.4 is 10.6 Å². The summed E-state index contributed by atoms with van der Waals surface area (Å²) in [7, 11) is 0. The van der Waals surface area contributed by atoms with Gasteiger partial charge in [0, 0.05) is 36.5 Å². The molecular formula is C28H28ClN5O3. The van der Waals surface area contributed by atoms with Crippen LogP contribution in [0.1, 0.15) is 41.6 Å². The SMILES string of the molecule is O=C(NC1CC1)c1ccc(-c2cnc3c(NCC4CCCO4)nc(-c4ccccc4CO)cn23)cc1Cl. The lowest BCUT2D eigenvalue weighted by atomic mass is 10.1. The van der Waals surface area contributed by atoms with Gasteiger partial charge in [-0.3, -0.25) is 9.20 Å². The highest BCUT2D eigenvalue weighted by molar-refractivity contribution is 6.34. The summed E-state index contributed by atoms with van der Waals surface area (Å²) in [6.45, 7) is 1.32. The number of aliphatic hydroxyl groups excluding tert-OH is 1. The van der Waals surface area contributed by atoms with E-state index >= 15 is 0 Å². The van der Waals surface area contributed by atoms with E-state index in [1.165, 1.54) is 0 Å². The van der Waals surface area contributed by atoms with Crippen LogP contribution in [-0.2, 0) is 11.3 Å². The maximum atomic E-state index is 12.6. The summed E-state index contributed by atoms with van der Waals surface area (Å²) in [5, 5.41) is 16.8. The lowest BCUT2D eigenvalue weighted by molar-refractivity contribution is 0.0951. The molecule has 1 aliphatic carbocycles. The summed E-state index contributed by atoms with van der Waals surface area (Å²) >= 11 is 6.56. The number of anilines is 1. The lowest BCUT2D eigenvalue weighted by Crippen LogP contribution is -2.25. The molecule has 2 aliphatic rings. The zero-order valence-electron chi connectivity index (χ0n) is 20.3. The second-order valence-corrected chi connectivity index (χ2v) is 9.99. The second-order valence-electron chi connectivity index (χ2n) is 9.59. The van der Waals surface area contributed by atoms with Gasteiger partial charge in [0.2, 0.25) is 0 Å². The minimum Gasteiger partial charge on any atom is -0.392 e. The molecule has 2 aromatic heterocycles. The summed E-state index contributed by atoms with van der Waals surface area (Å²) in [6.07, 6.45) is 7.94. The first kappa shape index (κ1) is 23.9. The Morgan fingerprint density at radius 2 is 2.05 bits per heavy atom. The first-order valence-corrected chi connectivity index (χ1v) is 13.0. The van der Waals surface area contributed by atoms with Crippen LogP contribution in [-0.4, -0.2) is 50.7 Å². The fourth-order valence-corrected chi connectivity index (χ4v) is 4.99. The van der Waals surface area contributed by atoms with E-state index in [1.807, 2.05) is 40.9 Å². The standard InChI is InChI=1S/C28H28ClN5O3/c29-23-12-17(7-10-22(23)28(36)32-19-8-9-19)25-14-31-27-26(30-13-20-5-3-11-37-20)33-24(15-34(25)27)21-6-2-1-4-18(21)16-35/h1-2,4,6-7,10,12,14-15,19-20,35H,3,5,8-9,11,13,16H2,(H,30,33)(H,32,36). The minimum absolute atomic E-state index is 0.0919. The molecule has 4 aromatic rings. The molecule has 6 rings (SSSR count). The Hall–Kier alpha value is -3.46. The molecule has 1 amide bonds. The van der Waals surface area contributed by atoms with E-state index in [-0.39, 0.29) is 24.7 Å². The number of aromatic nitrogens is 3. The van der Waals surface area contributed by atoms with Gasteiger partial charge in [-0.15, -0.1) is 0 Å². The Morgan fingerprint density at radius 3 is 2.81 bits per heavy atom. The van der Waals surface area contributed by atoms with Gasteiger partial charge >= 0.3 is 0 Å². The van der Waals surface area contributed by atoms with Gasteiger partial charge in [-0.2, -0.15) is 0 Å². The lowest BCUT2D eigenvalue weighted by Gasteiger charge is -2.15. The zero-order valence-corrected chi connectivity index (χ0v) is 21.0. The van der Waals surface area contributed by atoms with Gasteiger partial charge in [0.15, 0.2) is 11.5 Å². The van der Waals surface area contributed by atoms with Gasteiger partial charge in [-0.1, -0.05) is 41.9 Å². The summed E-state index contributed by atoms with van der Waals surface area (Å²) in [5.41, 5.74) is 5.12. The largest absolute Gasteiger partial charge is 0.392 e. The van der Waals surface area contributed by atoms with Crippen LogP contribution in [0.4, 0.5) is 5.82 Å². The van der Waals surface area contributed by atoms with E-state index in [2.05, 4.69) is 15.6 Å². The van der Waals surface area contributed by atoms with Crippen LogP contribution in [0.2, 0.25) is 5.02 Å². The van der Waals surface area contributed by atoms with Crippen molar-refractivity contribution in [1.29, 1.82) is 0 Å². The van der Waals surface area contributed by atoms with E-state index < -0.39 is 0 Å². The van der Waals surface area contributed by atoms with Gasteiger partial charge in [0.1, 0.15) is 0 Å². The molecule has 190 valence electrons. The summed E-state index contributed by atoms with van der Waals surface area (Å²) < 4.78 is 7.76. The van der Waals surface area contributed by atoms with Gasteiger partial charge in [-0.05, 0) is 43.4 Å². The van der Waals surface area contributed by atoms with E-state index in [0.29, 0.717) is 34.3 Å². The van der Waals surface area contributed by atoms with Crippen LogP contribution in [0.3, 0.4) is 0 Å². The van der Waals surface area contributed by atoms with Crippen LogP contribution in [0.15, 0.2) is 54.9 Å². The third-order valence-corrected chi connectivity index (χ3v) is 7.21. The van der Waals surface area contributed by atoms with Gasteiger partial charge in [-0.25, -0.2) is 9.97 Å². The molecule has 2 fully saturated rings. The van der Waals surface area contributed by atoms with Crippen molar-refractivity contribution in [3.8, 4) is 22.5 Å². The van der Waals surface area contributed by atoms with Crippen LogP contribution in [0.25, 0.3) is 28.2 Å². The Morgan fingerprint density at radius 1 is 1.19 bits per heavy atom. The molecule has 0 spiro atoms. The highest BCUT2D eigenvalue weighted by Crippen LogP contribution is 2.32. The fourth-order valence-electron chi connectivity index (χ4n) is 4.72. The van der Waals surface area contributed by atoms with E-state index in [0.717, 1.165) is 54.7 Å². The molecule has 3 N–H and O–H groups in total. The molecule has 1 atom stereocenters. The first-order valence-electron chi connectivity index (χ1n) is 12.6. The highest BCUT2D eigenvalue weighted by atomic mass is 35.5. The molecule has 1 unspecified atom stereocenters. The topological polar surface area (TPSA) is 101 Å². The number of fused-ring (bicyclic) bond motifs is 1. The number of hydrogen-bond acceptors (Lipinski definition) is 6. The maximum Gasteiger partial charge on any atom is 0.253 e. The summed E-state index contributed by atoms with van der Waals surface area (Å²) in [5.74, 6) is 0.489. The third-order valence-electron chi connectivity index (χ3n) is 6.90. The molecular weight excluding hydrogens is 490 g/mol. The van der Waals surface area contributed by atoms with Crippen molar-refractivity contribution in [1.82, 2.24) is 19.7 Å². The van der Waals surface area contributed by atoms with Gasteiger partial charge in [0.25, 0.3) is 5.91 Å². The van der Waals surface area contributed by atoms with Crippen molar-refractivity contribution >= 4 is 29.0 Å². The average molecular weight is 518 g/mol. The highest BCUT2D eigenvalue weighted by Gasteiger charge is 2.25. The van der Waals surface area contributed by atoms with Crippen molar-refractivity contribution in [3.63, 3.8) is 0 Å². The van der Waals surface area contributed by atoms with Crippen LogP contribution in [0, 0.1) is 0 Å². The number of imidazole rings is 1. The summed E-state index contributed by atoms with van der Waals surface area (Å²) in [4.78, 5) is 22.1. The number of hydrogen-bond donors (Lipinski definition) is 3. The van der Waals surface area contributed by atoms with Gasteiger partial charge < -0.3 is 20.5 Å². The van der Waals surface area contributed by atoms with Crippen molar-refractivity contribution < 1.29 is 14.6 Å². The minimum atomic E-state index is -0.148. The summed E-state index contributed by atoms with van der Waals surface area (Å²) in [6, 6.07) is 13.4. The smallest absolute Gasteiger partial charge is 0.253 e. The first-order chi connectivity index (χ1) is 18.1. The number of halogens is 1. The number of amides is 1. The fraction of sp³-hybridized carbons (Fsp3) is 0.321. The molecule has 0 radical (unpaired) electrons. The quantitative estimate of drug-likeness (QED) is 0.313. The average Bonchev–Trinajstić information content (AvgIpc) is 3.38. The molecule has 2 aromatic carbocycles. The monoisotopic (exact) mass is 517 g/mol. The van der Waals surface area contributed by atoms with E-state index in [4.69, 9.17) is 21.3 Å². The Labute approximate surface area is 219 Å². The molecule has 1 aliphatic heterocycles. The molecule has 0 bridgehead atoms. The molecule has 8 nitrogen and oxygen atoms in total. The van der Waals surface area contributed by atoms with E-state index in [9.17, 15) is 9.90 Å². The normalized spacial score (nSPS) is 17.3. The number of carbonyl (C=O) groups is 1. The molecule has 3 heterocycles. The maximum absolute atomic E-state index is 12.6. The van der Waals surface area contributed by atoms with Crippen molar-refractivity contribution in [2.45, 2.75) is 44.4 Å². The number of nitrogens with one attached hydrogen (secondary N) is 2. The second kappa shape index (κ2) is 10.1. The third kappa shape index (κ3) is 4.92. The van der Waals surface area contributed by atoms with Crippen LogP contribution in [0.5, 0.6) is 0 Å². The predicted molar refractivity (Wildman–Crippen MR) is 143 cm³/mol. The Kier molecular flexibility index (Phi) is 6.54. The van der Waals surface area contributed by atoms with Crippen molar-refractivity contribution in [3.05, 3.63) is 71.0 Å². The zero-order chi connectivity index (χ0) is 25.4. The molecule has 1 saturated carbocycles. The van der Waals surface area contributed by atoms with Crippen molar-refractivity contribution in [2.24, 2.45) is 0 Å². The Bertz CT molecular complexity index is 1460. The van der Waals surface area contributed by atoms with E-state index in [1.54, 1.807) is 18.3 Å². The predicted octanol–water partition coefficient (Wildman–Crippen LogP) is 4.69. The number of aliphatic hydroxyl groups is 1. The number of ether oxygens (including phenoxy) is 1. The molecule has 9 heteroatoms. The molecule has 1 saturated heterocycles. The number of nitrogens with zero attached hydrogens (tertiary/aromatic N) is 3. The van der Waals surface area contributed by atoms with Crippen molar-refractivity contribution in [2.75, 3.05) is 18.5 Å². The molecule has 37 heavy (non-hydrogen) atoms. The van der Waals surface area contributed by atoms with Crippen LogP contribution >= 0.6 is 11.6 Å². The Balaban J connectivity index is 1.41. The van der Waals surface area contributed by atoms with Gasteiger partial charge in [0.05, 0.1) is 40.9 Å². The number of benzene rings is 2. The number of carbonyl (C=O) groups excluding carboxylic acids is 1. The number of rotatable bonds is 8.